The van der Waals surface area contributed by atoms with Crippen LogP contribution in [0.4, 0.5) is 4.79 Å². The Bertz CT molecular complexity index is 258. The molecular weight excluding hydrogens is 214 g/mol. The monoisotopic (exact) mass is 241 g/mol. The molecule has 0 aliphatic carbocycles. The largest absolute Gasteiger partial charge is 0.338 e. The zero-order valence-electron chi connectivity index (χ0n) is 11.8. The minimum absolute atomic E-state index is 0.0797. The minimum Gasteiger partial charge on any atom is -0.338 e. The lowest BCUT2D eigenvalue weighted by Gasteiger charge is -2.38. The quantitative estimate of drug-likeness (QED) is 0.788. The third-order valence-electron chi connectivity index (χ3n) is 3.15. The molecular formula is C13H27N3O. The summed E-state index contributed by atoms with van der Waals surface area (Å²) in [6.45, 7) is 13.4. The summed E-state index contributed by atoms with van der Waals surface area (Å²) in [6, 6.07) is 0.842. The number of carbonyl (C=O) groups is 1. The summed E-state index contributed by atoms with van der Waals surface area (Å²) in [7, 11) is 0. The van der Waals surface area contributed by atoms with Crippen molar-refractivity contribution in [3.8, 4) is 0 Å². The van der Waals surface area contributed by atoms with Gasteiger partial charge in [-0.05, 0) is 11.8 Å². The molecule has 0 unspecified atom stereocenters. The molecule has 1 atom stereocenters. The molecule has 4 heteroatoms. The molecule has 0 saturated carbocycles. The van der Waals surface area contributed by atoms with Crippen molar-refractivity contribution in [1.82, 2.24) is 15.5 Å². The van der Waals surface area contributed by atoms with Crippen LogP contribution in [0.1, 0.15) is 41.0 Å². The molecule has 0 aromatic carbocycles. The Hall–Kier alpha value is -0.770. The van der Waals surface area contributed by atoms with Crippen molar-refractivity contribution in [1.29, 1.82) is 0 Å². The van der Waals surface area contributed by atoms with Gasteiger partial charge >= 0.3 is 6.03 Å². The number of urea groups is 1. The van der Waals surface area contributed by atoms with E-state index in [9.17, 15) is 4.79 Å². The van der Waals surface area contributed by atoms with Gasteiger partial charge < -0.3 is 15.5 Å². The van der Waals surface area contributed by atoms with E-state index in [0.717, 1.165) is 26.1 Å². The number of amides is 2. The Labute approximate surface area is 105 Å². The Morgan fingerprint density at radius 3 is 2.53 bits per heavy atom. The van der Waals surface area contributed by atoms with Crippen molar-refractivity contribution in [2.24, 2.45) is 5.41 Å². The molecule has 0 spiro atoms. The second-order valence-electron chi connectivity index (χ2n) is 6.27. The average Bonchev–Trinajstić information content (AvgIpc) is 2.18. The zero-order chi connectivity index (χ0) is 13.1. The Morgan fingerprint density at radius 2 is 2.06 bits per heavy atom. The van der Waals surface area contributed by atoms with Gasteiger partial charge in [0.2, 0.25) is 0 Å². The summed E-state index contributed by atoms with van der Waals surface area (Å²) < 4.78 is 0. The lowest BCUT2D eigenvalue weighted by atomic mass is 9.86. The molecule has 17 heavy (non-hydrogen) atoms. The molecule has 2 amide bonds. The molecule has 100 valence electrons. The van der Waals surface area contributed by atoms with Gasteiger partial charge in [0.25, 0.3) is 0 Å². The van der Waals surface area contributed by atoms with Gasteiger partial charge in [-0.1, -0.05) is 34.6 Å². The van der Waals surface area contributed by atoms with E-state index in [2.05, 4.69) is 45.3 Å². The molecule has 1 rings (SSSR count). The van der Waals surface area contributed by atoms with Crippen molar-refractivity contribution < 1.29 is 4.79 Å². The first-order valence-electron chi connectivity index (χ1n) is 6.59. The molecule has 0 aromatic heterocycles. The molecule has 1 saturated heterocycles. The second-order valence-corrected chi connectivity index (χ2v) is 6.27. The zero-order valence-corrected chi connectivity index (χ0v) is 11.8. The summed E-state index contributed by atoms with van der Waals surface area (Å²) >= 11 is 0. The summed E-state index contributed by atoms with van der Waals surface area (Å²) in [4.78, 5) is 13.7. The molecule has 2 N–H and O–H groups in total. The van der Waals surface area contributed by atoms with E-state index in [-0.39, 0.29) is 11.4 Å². The molecule has 0 aromatic rings. The first-order valence-corrected chi connectivity index (χ1v) is 6.59. The Morgan fingerprint density at radius 1 is 1.41 bits per heavy atom. The van der Waals surface area contributed by atoms with E-state index in [1.807, 2.05) is 4.90 Å². The van der Waals surface area contributed by atoms with Gasteiger partial charge in [0, 0.05) is 31.7 Å². The van der Waals surface area contributed by atoms with Crippen LogP contribution >= 0.6 is 0 Å². The van der Waals surface area contributed by atoms with E-state index in [1.54, 1.807) is 0 Å². The predicted octanol–water partition coefficient (Wildman–Crippen LogP) is 1.81. The first kappa shape index (κ1) is 14.3. The van der Waals surface area contributed by atoms with Crippen LogP contribution in [0.2, 0.25) is 0 Å². The van der Waals surface area contributed by atoms with E-state index in [0.29, 0.717) is 12.1 Å². The van der Waals surface area contributed by atoms with Gasteiger partial charge in [-0.3, -0.25) is 0 Å². The van der Waals surface area contributed by atoms with Crippen LogP contribution in [-0.2, 0) is 0 Å². The van der Waals surface area contributed by atoms with E-state index in [1.165, 1.54) is 0 Å². The van der Waals surface area contributed by atoms with Crippen LogP contribution in [0.5, 0.6) is 0 Å². The van der Waals surface area contributed by atoms with E-state index >= 15 is 0 Å². The SMILES string of the molecule is CC(C)N[C@H](CN1CCCNC1=O)C(C)(C)C. The Balaban J connectivity index is 2.61. The van der Waals surface area contributed by atoms with Crippen molar-refractivity contribution in [2.45, 2.75) is 53.1 Å². The number of rotatable bonds is 4. The van der Waals surface area contributed by atoms with Crippen molar-refractivity contribution >= 4 is 6.03 Å². The van der Waals surface area contributed by atoms with Crippen LogP contribution in [0.15, 0.2) is 0 Å². The Kier molecular flexibility index (Phi) is 4.80. The summed E-state index contributed by atoms with van der Waals surface area (Å²) in [6.07, 6.45) is 1.05. The van der Waals surface area contributed by atoms with Crippen LogP contribution in [0, 0.1) is 5.41 Å². The van der Waals surface area contributed by atoms with Gasteiger partial charge in [0.1, 0.15) is 0 Å². The van der Waals surface area contributed by atoms with E-state index in [4.69, 9.17) is 0 Å². The van der Waals surface area contributed by atoms with E-state index < -0.39 is 0 Å². The highest BCUT2D eigenvalue weighted by Gasteiger charge is 2.29. The average molecular weight is 241 g/mol. The molecule has 1 fully saturated rings. The highest BCUT2D eigenvalue weighted by molar-refractivity contribution is 5.74. The maximum atomic E-state index is 11.7. The normalized spacial score (nSPS) is 19.4. The fourth-order valence-corrected chi connectivity index (χ4v) is 2.05. The fraction of sp³-hybridized carbons (Fsp3) is 0.923. The number of nitrogens with one attached hydrogen (secondary N) is 2. The highest BCUT2D eigenvalue weighted by Crippen LogP contribution is 2.21. The summed E-state index contributed by atoms with van der Waals surface area (Å²) in [5, 5.41) is 6.47. The molecule has 1 heterocycles. The third-order valence-corrected chi connectivity index (χ3v) is 3.15. The van der Waals surface area contributed by atoms with Crippen LogP contribution in [0.25, 0.3) is 0 Å². The highest BCUT2D eigenvalue weighted by atomic mass is 16.2. The van der Waals surface area contributed by atoms with Gasteiger partial charge in [-0.15, -0.1) is 0 Å². The van der Waals surface area contributed by atoms with Crippen molar-refractivity contribution in [3.63, 3.8) is 0 Å². The van der Waals surface area contributed by atoms with Gasteiger partial charge in [0.05, 0.1) is 0 Å². The number of nitrogens with zero attached hydrogens (tertiary/aromatic N) is 1. The molecule has 4 nitrogen and oxygen atoms in total. The summed E-state index contributed by atoms with van der Waals surface area (Å²) in [5.74, 6) is 0. The maximum absolute atomic E-state index is 11.7. The van der Waals surface area contributed by atoms with Gasteiger partial charge in [-0.25, -0.2) is 4.79 Å². The van der Waals surface area contributed by atoms with Crippen LogP contribution < -0.4 is 10.6 Å². The fourth-order valence-electron chi connectivity index (χ4n) is 2.05. The van der Waals surface area contributed by atoms with Gasteiger partial charge in [0.15, 0.2) is 0 Å². The minimum atomic E-state index is 0.0797. The predicted molar refractivity (Wildman–Crippen MR) is 71.1 cm³/mol. The molecule has 0 bridgehead atoms. The first-order chi connectivity index (χ1) is 7.80. The summed E-state index contributed by atoms with van der Waals surface area (Å²) in [5.41, 5.74) is 0.155. The van der Waals surface area contributed by atoms with Gasteiger partial charge in [-0.2, -0.15) is 0 Å². The second kappa shape index (κ2) is 5.71. The maximum Gasteiger partial charge on any atom is 0.317 e. The standard InChI is InChI=1S/C13H27N3O/c1-10(2)15-11(13(3,4)5)9-16-8-6-7-14-12(16)17/h10-11,15H,6-9H2,1-5H3,(H,14,17)/t11-/m1/s1. The lowest BCUT2D eigenvalue weighted by molar-refractivity contribution is 0.152. The topological polar surface area (TPSA) is 44.4 Å². The van der Waals surface area contributed by atoms with Crippen molar-refractivity contribution in [3.05, 3.63) is 0 Å². The smallest absolute Gasteiger partial charge is 0.317 e. The van der Waals surface area contributed by atoms with Crippen LogP contribution in [-0.4, -0.2) is 42.6 Å². The molecule has 1 aliphatic rings. The molecule has 1 aliphatic heterocycles. The number of hydrogen-bond donors (Lipinski definition) is 2. The molecule has 0 radical (unpaired) electrons. The van der Waals surface area contributed by atoms with Crippen molar-refractivity contribution in [2.75, 3.05) is 19.6 Å². The van der Waals surface area contributed by atoms with Crippen LogP contribution in [0.3, 0.4) is 0 Å². The lowest BCUT2D eigenvalue weighted by Crippen LogP contribution is -2.55. The third kappa shape index (κ3) is 4.54. The number of carbonyl (C=O) groups excluding carboxylic acids is 1. The number of hydrogen-bond acceptors (Lipinski definition) is 2.